The molecule has 2 heterocycles. The molecular formula is C13H12ClF3N2O. The first-order valence-corrected chi connectivity index (χ1v) is 6.52. The third-order valence-electron chi connectivity index (χ3n) is 4.08. The first-order valence-electron chi connectivity index (χ1n) is 6.18. The summed E-state index contributed by atoms with van der Waals surface area (Å²) in [4.78, 5) is 13.7. The molecule has 1 fully saturated rings. The van der Waals surface area contributed by atoms with E-state index in [1.807, 2.05) is 0 Å². The number of fused-ring (bicyclic) bond motifs is 3. The lowest BCUT2D eigenvalue weighted by atomic mass is 9.83. The van der Waals surface area contributed by atoms with Gasteiger partial charge in [0.25, 0.3) is 5.91 Å². The van der Waals surface area contributed by atoms with Crippen LogP contribution in [0.15, 0.2) is 18.2 Å². The lowest BCUT2D eigenvalue weighted by Crippen LogP contribution is -2.46. The molecule has 2 atom stereocenters. The van der Waals surface area contributed by atoms with E-state index in [9.17, 15) is 18.0 Å². The van der Waals surface area contributed by atoms with Gasteiger partial charge in [-0.05, 0) is 23.4 Å². The van der Waals surface area contributed by atoms with Crippen molar-refractivity contribution in [2.45, 2.75) is 18.1 Å². The van der Waals surface area contributed by atoms with Gasteiger partial charge in [0.05, 0.1) is 17.2 Å². The largest absolute Gasteiger partial charge is 0.417 e. The van der Waals surface area contributed by atoms with Crippen LogP contribution in [0.25, 0.3) is 0 Å². The molecule has 0 bridgehead atoms. The SMILES string of the molecule is CN1C(=O)c2c(cccc2C(F)(F)F)[C@H]2CN(Cl)C[C@@H]21. The van der Waals surface area contributed by atoms with E-state index in [4.69, 9.17) is 11.8 Å². The second kappa shape index (κ2) is 4.36. The average molecular weight is 305 g/mol. The molecule has 7 heteroatoms. The van der Waals surface area contributed by atoms with Crippen LogP contribution in [0.2, 0.25) is 0 Å². The van der Waals surface area contributed by atoms with E-state index in [2.05, 4.69) is 0 Å². The minimum atomic E-state index is -4.53. The smallest absolute Gasteiger partial charge is 0.337 e. The number of hydrogen-bond acceptors (Lipinski definition) is 2. The molecule has 0 N–H and O–H groups in total. The second-order valence-electron chi connectivity index (χ2n) is 5.19. The van der Waals surface area contributed by atoms with E-state index in [0.29, 0.717) is 18.7 Å². The van der Waals surface area contributed by atoms with Gasteiger partial charge in [-0.2, -0.15) is 13.2 Å². The number of alkyl halides is 3. The summed E-state index contributed by atoms with van der Waals surface area (Å²) in [6, 6.07) is 3.74. The zero-order valence-electron chi connectivity index (χ0n) is 10.6. The van der Waals surface area contributed by atoms with Gasteiger partial charge < -0.3 is 4.90 Å². The minimum absolute atomic E-state index is 0.170. The van der Waals surface area contributed by atoms with E-state index < -0.39 is 17.6 Å². The third-order valence-corrected chi connectivity index (χ3v) is 4.35. The Labute approximate surface area is 119 Å². The van der Waals surface area contributed by atoms with Crippen LogP contribution in [0.5, 0.6) is 0 Å². The van der Waals surface area contributed by atoms with Crippen LogP contribution in [0.1, 0.15) is 27.4 Å². The highest BCUT2D eigenvalue weighted by molar-refractivity contribution is 6.13. The van der Waals surface area contributed by atoms with Gasteiger partial charge in [-0.1, -0.05) is 12.1 Å². The Morgan fingerprint density at radius 3 is 2.65 bits per heavy atom. The molecule has 1 amide bonds. The molecule has 2 aliphatic heterocycles. The van der Waals surface area contributed by atoms with Crippen LogP contribution in [0, 0.1) is 0 Å². The molecule has 1 saturated heterocycles. The van der Waals surface area contributed by atoms with Gasteiger partial charge in [-0.15, -0.1) is 0 Å². The number of benzene rings is 1. The Morgan fingerprint density at radius 1 is 1.30 bits per heavy atom. The highest BCUT2D eigenvalue weighted by Gasteiger charge is 2.47. The van der Waals surface area contributed by atoms with Crippen molar-refractivity contribution in [1.82, 2.24) is 9.32 Å². The maximum absolute atomic E-state index is 13.1. The summed E-state index contributed by atoms with van der Waals surface area (Å²) in [7, 11) is 1.53. The number of hydrogen-bond donors (Lipinski definition) is 0. The average Bonchev–Trinajstić information content (AvgIpc) is 2.76. The Balaban J connectivity index is 2.20. The lowest BCUT2D eigenvalue weighted by molar-refractivity contribution is -0.138. The highest BCUT2D eigenvalue weighted by Crippen LogP contribution is 2.43. The number of rotatable bonds is 0. The zero-order chi connectivity index (χ0) is 14.7. The fourth-order valence-corrected chi connectivity index (χ4v) is 3.41. The molecule has 0 spiro atoms. The Hall–Kier alpha value is -1.27. The quantitative estimate of drug-likeness (QED) is 0.688. The van der Waals surface area contributed by atoms with Gasteiger partial charge in [0, 0.05) is 26.1 Å². The monoisotopic (exact) mass is 304 g/mol. The van der Waals surface area contributed by atoms with Crippen molar-refractivity contribution in [2.75, 3.05) is 20.1 Å². The molecule has 0 radical (unpaired) electrons. The Bertz CT molecular complexity index is 575. The molecule has 2 aliphatic rings. The molecular weight excluding hydrogens is 293 g/mol. The number of halogens is 4. The van der Waals surface area contributed by atoms with Gasteiger partial charge in [0.1, 0.15) is 0 Å². The summed E-state index contributed by atoms with van der Waals surface area (Å²) < 4.78 is 40.8. The Morgan fingerprint density at radius 2 is 2.00 bits per heavy atom. The summed E-state index contributed by atoms with van der Waals surface area (Å²) in [5, 5.41) is 0. The summed E-state index contributed by atoms with van der Waals surface area (Å²) in [6.07, 6.45) is -4.53. The third kappa shape index (κ3) is 1.90. The maximum Gasteiger partial charge on any atom is 0.417 e. The molecule has 1 aromatic carbocycles. The topological polar surface area (TPSA) is 23.6 Å². The van der Waals surface area contributed by atoms with Crippen molar-refractivity contribution in [3.05, 3.63) is 34.9 Å². The van der Waals surface area contributed by atoms with Gasteiger partial charge in [-0.3, -0.25) is 4.79 Å². The zero-order valence-corrected chi connectivity index (χ0v) is 11.4. The lowest BCUT2D eigenvalue weighted by Gasteiger charge is -2.36. The van der Waals surface area contributed by atoms with Crippen LogP contribution in [-0.2, 0) is 6.18 Å². The summed E-state index contributed by atoms with van der Waals surface area (Å²) in [5.74, 6) is -0.756. The van der Waals surface area contributed by atoms with Crippen molar-refractivity contribution < 1.29 is 18.0 Å². The first-order chi connectivity index (χ1) is 9.30. The van der Waals surface area contributed by atoms with Gasteiger partial charge in [0.15, 0.2) is 0 Å². The van der Waals surface area contributed by atoms with Gasteiger partial charge >= 0.3 is 6.18 Å². The van der Waals surface area contributed by atoms with Crippen LogP contribution in [0.3, 0.4) is 0 Å². The molecule has 0 saturated carbocycles. The predicted octanol–water partition coefficient (Wildman–Crippen LogP) is 2.71. The van der Waals surface area contributed by atoms with Crippen LogP contribution in [-0.4, -0.2) is 41.4 Å². The number of amides is 1. The molecule has 20 heavy (non-hydrogen) atoms. The predicted molar refractivity (Wildman–Crippen MR) is 67.5 cm³/mol. The molecule has 108 valence electrons. The Kier molecular flexibility index (Phi) is 2.99. The molecule has 1 aromatic rings. The highest BCUT2D eigenvalue weighted by atomic mass is 35.5. The number of carbonyl (C=O) groups is 1. The van der Waals surface area contributed by atoms with E-state index in [1.165, 1.54) is 22.4 Å². The van der Waals surface area contributed by atoms with E-state index in [0.717, 1.165) is 6.07 Å². The molecule has 0 aromatic heterocycles. The minimum Gasteiger partial charge on any atom is -0.337 e. The van der Waals surface area contributed by atoms with E-state index in [-0.39, 0.29) is 17.5 Å². The van der Waals surface area contributed by atoms with Crippen molar-refractivity contribution in [3.8, 4) is 0 Å². The number of nitrogens with zero attached hydrogens (tertiary/aromatic N) is 2. The summed E-state index contributed by atoms with van der Waals surface area (Å²) in [5.41, 5.74) is -0.634. The summed E-state index contributed by atoms with van der Waals surface area (Å²) in [6.45, 7) is 0.905. The van der Waals surface area contributed by atoms with E-state index >= 15 is 0 Å². The van der Waals surface area contributed by atoms with Crippen molar-refractivity contribution in [1.29, 1.82) is 0 Å². The van der Waals surface area contributed by atoms with Crippen molar-refractivity contribution >= 4 is 17.7 Å². The molecule has 3 rings (SSSR count). The fraction of sp³-hybridized carbons (Fsp3) is 0.462. The first kappa shape index (κ1) is 13.7. The van der Waals surface area contributed by atoms with Crippen LogP contribution < -0.4 is 0 Å². The maximum atomic E-state index is 13.1. The summed E-state index contributed by atoms with van der Waals surface area (Å²) >= 11 is 5.97. The fourth-order valence-electron chi connectivity index (χ4n) is 3.12. The molecule has 0 aliphatic carbocycles. The second-order valence-corrected chi connectivity index (χ2v) is 5.66. The van der Waals surface area contributed by atoms with Crippen molar-refractivity contribution in [2.24, 2.45) is 0 Å². The molecule has 3 nitrogen and oxygen atoms in total. The van der Waals surface area contributed by atoms with Gasteiger partial charge in [0.2, 0.25) is 0 Å². The van der Waals surface area contributed by atoms with Crippen LogP contribution in [0.4, 0.5) is 13.2 Å². The van der Waals surface area contributed by atoms with Crippen LogP contribution >= 0.6 is 11.8 Å². The standard InChI is InChI=1S/C13H12ClF3N2O/c1-18-10-6-19(14)5-8(10)7-3-2-4-9(13(15,16)17)11(7)12(18)20/h2-4,8,10H,5-6H2,1H3/t8-,10+/m1/s1. The number of carbonyl (C=O) groups excluding carboxylic acids is 1. The van der Waals surface area contributed by atoms with Gasteiger partial charge in [-0.25, -0.2) is 4.42 Å². The van der Waals surface area contributed by atoms with Crippen molar-refractivity contribution in [3.63, 3.8) is 0 Å². The van der Waals surface area contributed by atoms with E-state index in [1.54, 1.807) is 6.07 Å². The molecule has 0 unspecified atom stereocenters. The number of likely N-dealkylation sites (N-methyl/N-ethyl adjacent to an activating group) is 1. The normalized spacial score (nSPS) is 26.6.